The van der Waals surface area contributed by atoms with Gasteiger partial charge in [-0.3, -0.25) is 4.79 Å². The maximum absolute atomic E-state index is 11.8. The first-order valence-corrected chi connectivity index (χ1v) is 8.53. The molecule has 1 fully saturated rings. The van der Waals surface area contributed by atoms with Crippen molar-refractivity contribution in [3.63, 3.8) is 0 Å². The zero-order valence-corrected chi connectivity index (χ0v) is 13.5. The molecular formula is C17H20N2O2S. The zero-order chi connectivity index (χ0) is 15.4. The summed E-state index contributed by atoms with van der Waals surface area (Å²) in [4.78, 5) is 16.3. The molecule has 4 nitrogen and oxygen atoms in total. The van der Waals surface area contributed by atoms with Crippen molar-refractivity contribution in [2.75, 3.05) is 6.61 Å². The van der Waals surface area contributed by atoms with Crippen molar-refractivity contribution in [3.8, 4) is 16.3 Å². The van der Waals surface area contributed by atoms with Crippen LogP contribution in [0.2, 0.25) is 0 Å². The lowest BCUT2D eigenvalue weighted by molar-refractivity contribution is -0.123. The number of nitrogens with zero attached hydrogens (tertiary/aromatic N) is 1. The minimum Gasteiger partial charge on any atom is -0.484 e. The lowest BCUT2D eigenvalue weighted by Gasteiger charge is -2.12. The van der Waals surface area contributed by atoms with Gasteiger partial charge in [0, 0.05) is 22.7 Å². The first kappa shape index (κ1) is 15.0. The predicted octanol–water partition coefficient (Wildman–Crippen LogP) is 3.56. The molecule has 0 atom stereocenters. The molecule has 0 aliphatic heterocycles. The lowest BCUT2D eigenvalue weighted by Crippen LogP contribution is -2.36. The van der Waals surface area contributed by atoms with Crippen LogP contribution in [0.1, 0.15) is 31.4 Å². The number of amides is 1. The molecule has 1 aromatic carbocycles. The molecule has 1 aliphatic rings. The molecule has 22 heavy (non-hydrogen) atoms. The van der Waals surface area contributed by atoms with Crippen LogP contribution in [0.3, 0.4) is 0 Å². The zero-order valence-electron chi connectivity index (χ0n) is 12.7. The molecule has 1 aromatic heterocycles. The molecule has 1 heterocycles. The van der Waals surface area contributed by atoms with E-state index in [1.165, 1.54) is 12.8 Å². The Morgan fingerprint density at radius 3 is 2.68 bits per heavy atom. The lowest BCUT2D eigenvalue weighted by atomic mass is 10.2. The minimum absolute atomic E-state index is 0.0356. The van der Waals surface area contributed by atoms with E-state index in [0.717, 1.165) is 29.1 Å². The topological polar surface area (TPSA) is 51.2 Å². The predicted molar refractivity (Wildman–Crippen MR) is 88.2 cm³/mol. The third kappa shape index (κ3) is 3.85. The van der Waals surface area contributed by atoms with Crippen molar-refractivity contribution in [2.45, 2.75) is 38.6 Å². The second kappa shape index (κ2) is 6.92. The van der Waals surface area contributed by atoms with E-state index < -0.39 is 0 Å². The van der Waals surface area contributed by atoms with Crippen LogP contribution in [-0.2, 0) is 4.79 Å². The van der Waals surface area contributed by atoms with Crippen LogP contribution in [0, 0.1) is 6.92 Å². The van der Waals surface area contributed by atoms with E-state index in [2.05, 4.69) is 10.3 Å². The van der Waals surface area contributed by atoms with Crippen LogP contribution in [-0.4, -0.2) is 23.5 Å². The highest BCUT2D eigenvalue weighted by Gasteiger charge is 2.17. The van der Waals surface area contributed by atoms with Gasteiger partial charge in [0.1, 0.15) is 10.8 Å². The number of thiazole rings is 1. The number of nitrogens with one attached hydrogen (secondary N) is 1. The second-order valence-corrected chi connectivity index (χ2v) is 6.51. The Labute approximate surface area is 134 Å². The van der Waals surface area contributed by atoms with Gasteiger partial charge in [-0.25, -0.2) is 4.98 Å². The van der Waals surface area contributed by atoms with Gasteiger partial charge >= 0.3 is 0 Å². The second-order valence-electron chi connectivity index (χ2n) is 5.66. The molecule has 2 aromatic rings. The Morgan fingerprint density at radius 1 is 1.32 bits per heavy atom. The van der Waals surface area contributed by atoms with E-state index in [9.17, 15) is 4.79 Å². The summed E-state index contributed by atoms with van der Waals surface area (Å²) < 4.78 is 5.55. The Kier molecular flexibility index (Phi) is 4.73. The molecule has 1 N–H and O–H groups in total. The smallest absolute Gasteiger partial charge is 0.258 e. The fourth-order valence-electron chi connectivity index (χ4n) is 2.67. The molecule has 1 saturated carbocycles. The van der Waals surface area contributed by atoms with Crippen LogP contribution in [0.25, 0.3) is 10.6 Å². The number of rotatable bonds is 5. The maximum atomic E-state index is 11.8. The summed E-state index contributed by atoms with van der Waals surface area (Å²) >= 11 is 1.63. The Bertz CT molecular complexity index is 630. The first-order valence-electron chi connectivity index (χ1n) is 7.65. The standard InChI is InChI=1S/C17H20N2O2S/c1-12-11-22-17(18-12)13-6-8-15(9-7-13)21-10-16(20)19-14-4-2-3-5-14/h6-9,11,14H,2-5,10H2,1H3,(H,19,20). The third-order valence-electron chi connectivity index (χ3n) is 3.81. The molecule has 0 unspecified atom stereocenters. The van der Waals surface area contributed by atoms with E-state index in [-0.39, 0.29) is 12.5 Å². The van der Waals surface area contributed by atoms with Gasteiger partial charge in [0.2, 0.25) is 0 Å². The highest BCUT2D eigenvalue weighted by atomic mass is 32.1. The van der Waals surface area contributed by atoms with E-state index in [0.29, 0.717) is 11.8 Å². The average Bonchev–Trinajstić information content (AvgIpc) is 3.17. The molecule has 1 aliphatic carbocycles. The summed E-state index contributed by atoms with van der Waals surface area (Å²) in [6, 6.07) is 8.06. The first-order chi connectivity index (χ1) is 10.7. The number of hydrogen-bond donors (Lipinski definition) is 1. The van der Waals surface area contributed by atoms with Crippen molar-refractivity contribution in [2.24, 2.45) is 0 Å². The van der Waals surface area contributed by atoms with Crippen LogP contribution in [0.4, 0.5) is 0 Å². The van der Waals surface area contributed by atoms with Crippen molar-refractivity contribution >= 4 is 17.2 Å². The van der Waals surface area contributed by atoms with Crippen LogP contribution in [0.15, 0.2) is 29.6 Å². The van der Waals surface area contributed by atoms with Crippen molar-refractivity contribution in [1.82, 2.24) is 10.3 Å². The number of carbonyl (C=O) groups excluding carboxylic acids is 1. The van der Waals surface area contributed by atoms with Crippen molar-refractivity contribution in [3.05, 3.63) is 35.3 Å². The van der Waals surface area contributed by atoms with Gasteiger partial charge in [0.15, 0.2) is 6.61 Å². The van der Waals surface area contributed by atoms with Gasteiger partial charge in [0.05, 0.1) is 0 Å². The molecule has 3 rings (SSSR count). The monoisotopic (exact) mass is 316 g/mol. The van der Waals surface area contributed by atoms with Gasteiger partial charge in [0.25, 0.3) is 5.91 Å². The summed E-state index contributed by atoms with van der Waals surface area (Å²) in [7, 11) is 0. The van der Waals surface area contributed by atoms with Gasteiger partial charge in [-0.2, -0.15) is 0 Å². The fraction of sp³-hybridized carbons (Fsp3) is 0.412. The van der Waals surface area contributed by atoms with E-state index in [4.69, 9.17) is 4.74 Å². The normalized spacial score (nSPS) is 15.0. The Hall–Kier alpha value is -1.88. The molecule has 0 spiro atoms. The van der Waals surface area contributed by atoms with Gasteiger partial charge < -0.3 is 10.1 Å². The highest BCUT2D eigenvalue weighted by molar-refractivity contribution is 7.13. The van der Waals surface area contributed by atoms with Crippen LogP contribution >= 0.6 is 11.3 Å². The van der Waals surface area contributed by atoms with Crippen molar-refractivity contribution < 1.29 is 9.53 Å². The van der Waals surface area contributed by atoms with Crippen LogP contribution in [0.5, 0.6) is 5.75 Å². The van der Waals surface area contributed by atoms with Crippen molar-refractivity contribution in [1.29, 1.82) is 0 Å². The van der Waals surface area contributed by atoms with Gasteiger partial charge in [-0.15, -0.1) is 11.3 Å². The summed E-state index contributed by atoms with van der Waals surface area (Å²) in [6.45, 7) is 2.06. The highest BCUT2D eigenvalue weighted by Crippen LogP contribution is 2.25. The van der Waals surface area contributed by atoms with E-state index >= 15 is 0 Å². The molecular weight excluding hydrogens is 296 g/mol. The quantitative estimate of drug-likeness (QED) is 0.917. The molecule has 0 radical (unpaired) electrons. The SMILES string of the molecule is Cc1csc(-c2ccc(OCC(=O)NC3CCCC3)cc2)n1. The maximum Gasteiger partial charge on any atom is 0.258 e. The number of benzene rings is 1. The number of hydrogen-bond acceptors (Lipinski definition) is 4. The summed E-state index contributed by atoms with van der Waals surface area (Å²) in [5, 5.41) is 6.05. The van der Waals surface area contributed by atoms with Gasteiger partial charge in [-0.05, 0) is 44.0 Å². The molecule has 1 amide bonds. The van der Waals surface area contributed by atoms with E-state index in [1.54, 1.807) is 11.3 Å². The largest absolute Gasteiger partial charge is 0.484 e. The minimum atomic E-state index is -0.0356. The number of carbonyl (C=O) groups is 1. The number of ether oxygens (including phenoxy) is 1. The average molecular weight is 316 g/mol. The molecule has 0 bridgehead atoms. The summed E-state index contributed by atoms with van der Waals surface area (Å²) in [6.07, 6.45) is 4.61. The van der Waals surface area contributed by atoms with Gasteiger partial charge in [-0.1, -0.05) is 12.8 Å². The number of aromatic nitrogens is 1. The molecule has 5 heteroatoms. The summed E-state index contributed by atoms with van der Waals surface area (Å²) in [5.74, 6) is 0.671. The van der Waals surface area contributed by atoms with Crippen LogP contribution < -0.4 is 10.1 Å². The Morgan fingerprint density at radius 2 is 2.05 bits per heavy atom. The fourth-order valence-corrected chi connectivity index (χ4v) is 3.47. The third-order valence-corrected chi connectivity index (χ3v) is 4.82. The summed E-state index contributed by atoms with van der Waals surface area (Å²) in [5.41, 5.74) is 2.10. The van der Waals surface area contributed by atoms with E-state index in [1.807, 2.05) is 36.6 Å². The Balaban J connectivity index is 1.51. The number of aryl methyl sites for hydroxylation is 1. The molecule has 0 saturated heterocycles. The molecule has 116 valence electrons.